The van der Waals surface area contributed by atoms with E-state index < -0.39 is 6.04 Å². The van der Waals surface area contributed by atoms with E-state index in [1.165, 1.54) is 0 Å². The van der Waals surface area contributed by atoms with Crippen molar-refractivity contribution in [2.75, 3.05) is 0 Å². The SMILES string of the molecule is Cc1ccccc1C(=O)NC(CC(C)C)C(=O)NC(C)c1ccc(Cl)cc1. The van der Waals surface area contributed by atoms with Crippen molar-refractivity contribution in [1.29, 1.82) is 0 Å². The van der Waals surface area contributed by atoms with E-state index in [2.05, 4.69) is 10.6 Å². The summed E-state index contributed by atoms with van der Waals surface area (Å²) in [7, 11) is 0. The van der Waals surface area contributed by atoms with Crippen LogP contribution in [-0.4, -0.2) is 17.9 Å². The Labute approximate surface area is 166 Å². The van der Waals surface area contributed by atoms with Crippen LogP contribution in [0.4, 0.5) is 0 Å². The highest BCUT2D eigenvalue weighted by atomic mass is 35.5. The Hall–Kier alpha value is -2.33. The van der Waals surface area contributed by atoms with Crippen LogP contribution >= 0.6 is 11.6 Å². The van der Waals surface area contributed by atoms with Crippen LogP contribution in [0.2, 0.25) is 5.02 Å². The maximum atomic E-state index is 12.8. The molecule has 0 radical (unpaired) electrons. The van der Waals surface area contributed by atoms with Crippen molar-refractivity contribution in [3.05, 3.63) is 70.2 Å². The van der Waals surface area contributed by atoms with Gasteiger partial charge >= 0.3 is 0 Å². The number of nitrogens with one attached hydrogen (secondary N) is 2. The molecular formula is C22H27ClN2O2. The molecule has 2 rings (SSSR count). The van der Waals surface area contributed by atoms with E-state index >= 15 is 0 Å². The smallest absolute Gasteiger partial charge is 0.252 e. The van der Waals surface area contributed by atoms with Gasteiger partial charge in [-0.3, -0.25) is 9.59 Å². The number of halogens is 1. The fraction of sp³-hybridized carbons (Fsp3) is 0.364. The molecule has 0 aromatic heterocycles. The number of hydrogen-bond donors (Lipinski definition) is 2. The minimum atomic E-state index is -0.591. The molecule has 2 N–H and O–H groups in total. The Morgan fingerprint density at radius 2 is 1.59 bits per heavy atom. The summed E-state index contributed by atoms with van der Waals surface area (Å²) < 4.78 is 0. The van der Waals surface area contributed by atoms with E-state index in [9.17, 15) is 9.59 Å². The van der Waals surface area contributed by atoms with E-state index in [4.69, 9.17) is 11.6 Å². The lowest BCUT2D eigenvalue weighted by atomic mass is 10.0. The van der Waals surface area contributed by atoms with Gasteiger partial charge in [0.2, 0.25) is 5.91 Å². The largest absolute Gasteiger partial charge is 0.348 e. The van der Waals surface area contributed by atoms with Crippen LogP contribution in [0.15, 0.2) is 48.5 Å². The van der Waals surface area contributed by atoms with Gasteiger partial charge in [0, 0.05) is 10.6 Å². The van der Waals surface area contributed by atoms with Crippen LogP contribution in [0, 0.1) is 12.8 Å². The summed E-state index contributed by atoms with van der Waals surface area (Å²) in [5.41, 5.74) is 2.43. The topological polar surface area (TPSA) is 58.2 Å². The van der Waals surface area contributed by atoms with E-state index in [0.717, 1.165) is 11.1 Å². The maximum Gasteiger partial charge on any atom is 0.252 e. The molecule has 27 heavy (non-hydrogen) atoms. The van der Waals surface area contributed by atoms with Crippen molar-refractivity contribution in [3.8, 4) is 0 Å². The first-order valence-corrected chi connectivity index (χ1v) is 9.58. The predicted octanol–water partition coefficient (Wildman–Crippen LogP) is 4.67. The van der Waals surface area contributed by atoms with Gasteiger partial charge < -0.3 is 10.6 Å². The zero-order chi connectivity index (χ0) is 20.0. The molecule has 0 heterocycles. The first-order valence-electron chi connectivity index (χ1n) is 9.20. The van der Waals surface area contributed by atoms with Crippen molar-refractivity contribution >= 4 is 23.4 Å². The van der Waals surface area contributed by atoms with Crippen LogP contribution in [0.5, 0.6) is 0 Å². The van der Waals surface area contributed by atoms with Gasteiger partial charge in [-0.15, -0.1) is 0 Å². The van der Waals surface area contributed by atoms with E-state index in [0.29, 0.717) is 17.0 Å². The molecule has 4 nitrogen and oxygen atoms in total. The minimum Gasteiger partial charge on any atom is -0.348 e. The van der Waals surface area contributed by atoms with E-state index in [1.54, 1.807) is 18.2 Å². The van der Waals surface area contributed by atoms with Crippen molar-refractivity contribution in [2.24, 2.45) is 5.92 Å². The van der Waals surface area contributed by atoms with Crippen LogP contribution < -0.4 is 10.6 Å². The predicted molar refractivity (Wildman–Crippen MR) is 110 cm³/mol. The number of carbonyl (C=O) groups is 2. The standard InChI is InChI=1S/C22H27ClN2O2/c1-14(2)13-20(25-21(26)19-8-6-5-7-15(19)3)22(27)24-16(4)17-9-11-18(23)12-10-17/h5-12,14,16,20H,13H2,1-4H3,(H,24,27)(H,25,26). The summed E-state index contributed by atoms with van der Waals surface area (Å²) in [6, 6.07) is 14.0. The molecule has 0 saturated heterocycles. The lowest BCUT2D eigenvalue weighted by Crippen LogP contribution is -2.48. The Balaban J connectivity index is 2.10. The number of carbonyl (C=O) groups excluding carboxylic acids is 2. The minimum absolute atomic E-state index is 0.181. The second-order valence-corrected chi connectivity index (χ2v) is 7.69. The fourth-order valence-corrected chi connectivity index (χ4v) is 3.04. The Morgan fingerprint density at radius 3 is 2.19 bits per heavy atom. The molecule has 0 bridgehead atoms. The van der Waals surface area contributed by atoms with E-state index in [-0.39, 0.29) is 23.8 Å². The third kappa shape index (κ3) is 6.10. The van der Waals surface area contributed by atoms with Crippen LogP contribution in [0.1, 0.15) is 54.7 Å². The third-order valence-electron chi connectivity index (χ3n) is 4.45. The van der Waals surface area contributed by atoms with Crippen molar-refractivity contribution in [1.82, 2.24) is 10.6 Å². The van der Waals surface area contributed by atoms with Gasteiger partial charge in [0.1, 0.15) is 6.04 Å². The fourth-order valence-electron chi connectivity index (χ4n) is 2.92. The lowest BCUT2D eigenvalue weighted by Gasteiger charge is -2.23. The van der Waals surface area contributed by atoms with Crippen LogP contribution in [0.3, 0.4) is 0 Å². The number of rotatable bonds is 7. The number of aryl methyl sites for hydroxylation is 1. The first-order chi connectivity index (χ1) is 12.8. The molecule has 0 saturated carbocycles. The summed E-state index contributed by atoms with van der Waals surface area (Å²) in [5.74, 6) is -0.148. The molecule has 2 atom stereocenters. The van der Waals surface area contributed by atoms with Gasteiger partial charge in [0.25, 0.3) is 5.91 Å². The zero-order valence-corrected chi connectivity index (χ0v) is 17.0. The van der Waals surface area contributed by atoms with Gasteiger partial charge in [-0.25, -0.2) is 0 Å². The van der Waals surface area contributed by atoms with Gasteiger partial charge in [-0.1, -0.05) is 55.8 Å². The highest BCUT2D eigenvalue weighted by Crippen LogP contribution is 2.17. The first kappa shape index (κ1) is 21.0. The number of amides is 2. The summed E-state index contributed by atoms with van der Waals surface area (Å²) in [6.45, 7) is 7.86. The van der Waals surface area contributed by atoms with Gasteiger partial charge in [-0.05, 0) is 55.5 Å². The van der Waals surface area contributed by atoms with E-state index in [1.807, 2.05) is 58.0 Å². The number of benzene rings is 2. The molecule has 0 aliphatic carbocycles. The third-order valence-corrected chi connectivity index (χ3v) is 4.70. The lowest BCUT2D eigenvalue weighted by molar-refractivity contribution is -0.124. The highest BCUT2D eigenvalue weighted by molar-refractivity contribution is 6.30. The van der Waals surface area contributed by atoms with Crippen LogP contribution in [-0.2, 0) is 4.79 Å². The quantitative estimate of drug-likeness (QED) is 0.726. The number of hydrogen-bond acceptors (Lipinski definition) is 2. The van der Waals surface area contributed by atoms with Gasteiger partial charge in [0.05, 0.1) is 6.04 Å². The summed E-state index contributed by atoms with van der Waals surface area (Å²) in [5, 5.41) is 6.55. The maximum absolute atomic E-state index is 12.8. The Morgan fingerprint density at radius 1 is 0.963 bits per heavy atom. The molecule has 0 aliphatic heterocycles. The molecule has 144 valence electrons. The summed E-state index contributed by atoms with van der Waals surface area (Å²) >= 11 is 5.92. The molecule has 2 unspecified atom stereocenters. The second-order valence-electron chi connectivity index (χ2n) is 7.25. The van der Waals surface area contributed by atoms with Crippen molar-refractivity contribution < 1.29 is 9.59 Å². The molecule has 5 heteroatoms. The monoisotopic (exact) mass is 386 g/mol. The molecule has 2 aromatic carbocycles. The molecule has 2 amide bonds. The van der Waals surface area contributed by atoms with Gasteiger partial charge in [-0.2, -0.15) is 0 Å². The van der Waals surface area contributed by atoms with Gasteiger partial charge in [0.15, 0.2) is 0 Å². The molecular weight excluding hydrogens is 360 g/mol. The molecule has 0 fully saturated rings. The molecule has 0 aliphatic rings. The second kappa shape index (κ2) is 9.56. The van der Waals surface area contributed by atoms with Crippen molar-refractivity contribution in [3.63, 3.8) is 0 Å². The Bertz CT molecular complexity index is 787. The average Bonchev–Trinajstić information content (AvgIpc) is 2.61. The Kier molecular flexibility index (Phi) is 7.43. The zero-order valence-electron chi connectivity index (χ0n) is 16.3. The highest BCUT2D eigenvalue weighted by Gasteiger charge is 2.24. The summed E-state index contributed by atoms with van der Waals surface area (Å²) in [6.07, 6.45) is 0.566. The molecule has 0 spiro atoms. The normalized spacial score (nSPS) is 13.1. The summed E-state index contributed by atoms with van der Waals surface area (Å²) in [4.78, 5) is 25.5. The molecule has 2 aromatic rings. The van der Waals surface area contributed by atoms with Crippen LogP contribution in [0.25, 0.3) is 0 Å². The van der Waals surface area contributed by atoms with Crippen molar-refractivity contribution in [2.45, 2.75) is 46.2 Å². The average molecular weight is 387 g/mol.